The van der Waals surface area contributed by atoms with Gasteiger partial charge in [0.1, 0.15) is 6.10 Å². The molecule has 4 nitrogen and oxygen atoms in total. The highest BCUT2D eigenvalue weighted by Crippen LogP contribution is 2.17. The molecule has 1 N–H and O–H groups in total. The van der Waals surface area contributed by atoms with Gasteiger partial charge in [-0.2, -0.15) is 0 Å². The van der Waals surface area contributed by atoms with E-state index >= 15 is 0 Å². The number of carboxylic acid groups (broad SMARTS) is 1. The molecule has 0 aliphatic carbocycles. The fourth-order valence-corrected chi connectivity index (χ4v) is 3.89. The van der Waals surface area contributed by atoms with Crippen LogP contribution >= 0.6 is 0 Å². The molecular weight excluding hydrogens is 364 g/mol. The Balaban J connectivity index is 3.57. The summed E-state index contributed by atoms with van der Waals surface area (Å²) in [7, 11) is 0. The van der Waals surface area contributed by atoms with Gasteiger partial charge in [0.2, 0.25) is 0 Å². The minimum absolute atomic E-state index is 0.0645. The minimum atomic E-state index is -0.706. The van der Waals surface area contributed by atoms with Gasteiger partial charge in [0.05, 0.1) is 0 Å². The number of carbonyl (C=O) groups excluding carboxylic acids is 1. The van der Waals surface area contributed by atoms with E-state index in [-0.39, 0.29) is 18.5 Å². The van der Waals surface area contributed by atoms with Crippen LogP contribution in [0.25, 0.3) is 0 Å². The highest BCUT2D eigenvalue weighted by atomic mass is 16.5. The molecule has 0 aromatic rings. The Morgan fingerprint density at radius 1 is 0.655 bits per heavy atom. The van der Waals surface area contributed by atoms with Gasteiger partial charge in [-0.25, -0.2) is 0 Å². The molecule has 0 aliphatic rings. The molecule has 0 aromatic carbocycles. The van der Waals surface area contributed by atoms with E-state index in [1.54, 1.807) is 0 Å². The maximum absolute atomic E-state index is 11.3. The zero-order chi connectivity index (χ0) is 21.6. The lowest BCUT2D eigenvalue weighted by atomic mass is 10.0. The van der Waals surface area contributed by atoms with Gasteiger partial charge in [-0.05, 0) is 32.1 Å². The van der Waals surface area contributed by atoms with Crippen molar-refractivity contribution in [2.75, 3.05) is 0 Å². The molecule has 0 radical (unpaired) electrons. The second-order valence-corrected chi connectivity index (χ2v) is 8.61. The average molecular weight is 413 g/mol. The van der Waals surface area contributed by atoms with Crippen LogP contribution in [0, 0.1) is 0 Å². The van der Waals surface area contributed by atoms with E-state index in [0.29, 0.717) is 0 Å². The summed E-state index contributed by atoms with van der Waals surface area (Å²) in [6, 6.07) is 0. The SMILES string of the molecule is CCCCCCCCCCCCCCC(CCCCCCCC(=O)O)OC(C)=O. The second-order valence-electron chi connectivity index (χ2n) is 8.61. The first-order chi connectivity index (χ1) is 14.1. The smallest absolute Gasteiger partial charge is 0.303 e. The van der Waals surface area contributed by atoms with Crippen molar-refractivity contribution < 1.29 is 19.4 Å². The normalized spacial score (nSPS) is 12.1. The van der Waals surface area contributed by atoms with E-state index < -0.39 is 5.97 Å². The van der Waals surface area contributed by atoms with Gasteiger partial charge >= 0.3 is 11.9 Å². The van der Waals surface area contributed by atoms with E-state index in [4.69, 9.17) is 9.84 Å². The summed E-state index contributed by atoms with van der Waals surface area (Å²) in [5, 5.41) is 8.64. The van der Waals surface area contributed by atoms with Crippen LogP contribution in [-0.2, 0) is 14.3 Å². The van der Waals surface area contributed by atoms with Crippen molar-refractivity contribution in [3.05, 3.63) is 0 Å². The Kier molecular flexibility index (Phi) is 20.9. The first kappa shape index (κ1) is 27.9. The highest BCUT2D eigenvalue weighted by molar-refractivity contribution is 5.66. The number of carboxylic acids is 1. The quantitative estimate of drug-likeness (QED) is 0.145. The topological polar surface area (TPSA) is 63.6 Å². The van der Waals surface area contributed by atoms with Crippen LogP contribution in [-0.4, -0.2) is 23.1 Å². The van der Waals surface area contributed by atoms with Crippen molar-refractivity contribution in [2.24, 2.45) is 0 Å². The summed E-state index contributed by atoms with van der Waals surface area (Å²) in [5.74, 6) is -0.877. The Morgan fingerprint density at radius 2 is 1.03 bits per heavy atom. The van der Waals surface area contributed by atoms with Crippen LogP contribution in [0.4, 0.5) is 0 Å². The number of rotatable bonds is 22. The summed E-state index contributed by atoms with van der Waals surface area (Å²) in [6.45, 7) is 3.77. The van der Waals surface area contributed by atoms with Crippen molar-refractivity contribution in [2.45, 2.75) is 148 Å². The lowest BCUT2D eigenvalue weighted by Crippen LogP contribution is -2.16. The van der Waals surface area contributed by atoms with Gasteiger partial charge in [0.15, 0.2) is 0 Å². The first-order valence-electron chi connectivity index (χ1n) is 12.4. The van der Waals surface area contributed by atoms with Gasteiger partial charge in [0, 0.05) is 13.3 Å². The molecule has 172 valence electrons. The third-order valence-electron chi connectivity index (χ3n) is 5.63. The molecule has 0 bridgehead atoms. The fraction of sp³-hybridized carbons (Fsp3) is 0.920. The molecule has 0 amide bonds. The van der Waals surface area contributed by atoms with Crippen LogP contribution in [0.3, 0.4) is 0 Å². The Morgan fingerprint density at radius 3 is 1.41 bits per heavy atom. The lowest BCUT2D eigenvalue weighted by Gasteiger charge is -2.17. The van der Waals surface area contributed by atoms with Crippen LogP contribution < -0.4 is 0 Å². The second kappa shape index (κ2) is 21.6. The number of carbonyl (C=O) groups is 2. The average Bonchev–Trinajstić information content (AvgIpc) is 2.67. The van der Waals surface area contributed by atoms with Gasteiger partial charge in [-0.3, -0.25) is 9.59 Å². The third-order valence-corrected chi connectivity index (χ3v) is 5.63. The van der Waals surface area contributed by atoms with E-state index in [1.165, 1.54) is 77.6 Å². The van der Waals surface area contributed by atoms with Gasteiger partial charge < -0.3 is 9.84 Å². The minimum Gasteiger partial charge on any atom is -0.481 e. The molecule has 0 fully saturated rings. The number of aliphatic carboxylic acids is 1. The predicted molar refractivity (Wildman–Crippen MR) is 121 cm³/mol. The summed E-state index contributed by atoms with van der Waals surface area (Å²) < 4.78 is 5.49. The number of hydrogen-bond acceptors (Lipinski definition) is 3. The maximum Gasteiger partial charge on any atom is 0.303 e. The van der Waals surface area contributed by atoms with Crippen molar-refractivity contribution in [3.8, 4) is 0 Å². The summed E-state index contributed by atoms with van der Waals surface area (Å²) in [5.41, 5.74) is 0. The Labute approximate surface area is 180 Å². The number of unbranched alkanes of at least 4 members (excludes halogenated alkanes) is 15. The van der Waals surface area contributed by atoms with E-state index in [2.05, 4.69) is 6.92 Å². The fourth-order valence-electron chi connectivity index (χ4n) is 3.89. The van der Waals surface area contributed by atoms with Crippen LogP contribution in [0.2, 0.25) is 0 Å². The lowest BCUT2D eigenvalue weighted by molar-refractivity contribution is -0.147. The van der Waals surface area contributed by atoms with Gasteiger partial charge in [-0.15, -0.1) is 0 Å². The zero-order valence-electron chi connectivity index (χ0n) is 19.4. The molecule has 0 aliphatic heterocycles. The van der Waals surface area contributed by atoms with Gasteiger partial charge in [0.25, 0.3) is 0 Å². The third kappa shape index (κ3) is 23.1. The van der Waals surface area contributed by atoms with Gasteiger partial charge in [-0.1, -0.05) is 96.8 Å². The molecule has 29 heavy (non-hydrogen) atoms. The molecule has 0 spiro atoms. The van der Waals surface area contributed by atoms with Crippen molar-refractivity contribution in [1.82, 2.24) is 0 Å². The molecule has 0 heterocycles. The van der Waals surface area contributed by atoms with E-state index in [9.17, 15) is 9.59 Å². The molecule has 0 saturated heterocycles. The zero-order valence-corrected chi connectivity index (χ0v) is 19.4. The Bertz CT molecular complexity index is 381. The molecule has 0 saturated carbocycles. The molecule has 0 aromatic heterocycles. The number of ether oxygens (including phenoxy) is 1. The monoisotopic (exact) mass is 412 g/mol. The van der Waals surface area contributed by atoms with Crippen LogP contribution in [0.15, 0.2) is 0 Å². The van der Waals surface area contributed by atoms with E-state index in [0.717, 1.165) is 51.4 Å². The summed E-state index contributed by atoms with van der Waals surface area (Å²) in [6.07, 6.45) is 23.3. The molecular formula is C25H48O4. The van der Waals surface area contributed by atoms with Crippen molar-refractivity contribution >= 4 is 11.9 Å². The number of esters is 1. The highest BCUT2D eigenvalue weighted by Gasteiger charge is 2.11. The Hall–Kier alpha value is -1.06. The standard InChI is InChI=1S/C25H48O4/c1-3-4-5-6-7-8-9-10-11-12-14-17-20-24(29-23(2)26)21-18-15-13-16-19-22-25(27)28/h24H,3-22H2,1-2H3,(H,27,28). The summed E-state index contributed by atoms with van der Waals surface area (Å²) in [4.78, 5) is 21.8. The van der Waals surface area contributed by atoms with Crippen LogP contribution in [0.1, 0.15) is 142 Å². The maximum atomic E-state index is 11.3. The van der Waals surface area contributed by atoms with Crippen molar-refractivity contribution in [3.63, 3.8) is 0 Å². The largest absolute Gasteiger partial charge is 0.481 e. The van der Waals surface area contributed by atoms with Crippen molar-refractivity contribution in [1.29, 1.82) is 0 Å². The van der Waals surface area contributed by atoms with E-state index in [1.807, 2.05) is 0 Å². The first-order valence-corrected chi connectivity index (χ1v) is 12.4. The van der Waals surface area contributed by atoms with Crippen LogP contribution in [0.5, 0.6) is 0 Å². The predicted octanol–water partition coefficient (Wildman–Crippen LogP) is 7.82. The molecule has 0 rings (SSSR count). The molecule has 1 unspecified atom stereocenters. The molecule has 1 atom stereocenters. The summed E-state index contributed by atoms with van der Waals surface area (Å²) >= 11 is 0. The number of hydrogen-bond donors (Lipinski definition) is 1. The molecule has 4 heteroatoms.